The van der Waals surface area contributed by atoms with Crippen molar-refractivity contribution in [2.75, 3.05) is 5.75 Å². The first-order chi connectivity index (χ1) is 12.6. The van der Waals surface area contributed by atoms with Gasteiger partial charge in [-0.3, -0.25) is 4.79 Å². The Kier molecular flexibility index (Phi) is 18.4. The molecule has 0 amide bonds. The zero-order valence-electron chi connectivity index (χ0n) is 16.6. The summed E-state index contributed by atoms with van der Waals surface area (Å²) in [4.78, 5) is 22.8. The van der Waals surface area contributed by atoms with E-state index in [4.69, 9.17) is 5.73 Å². The number of hydrogen-bond donors (Lipinski definition) is 2. The van der Waals surface area contributed by atoms with Gasteiger partial charge in [0.2, 0.25) is 0 Å². The van der Waals surface area contributed by atoms with Crippen LogP contribution < -0.4 is 5.73 Å². The molecule has 1 unspecified atom stereocenters. The van der Waals surface area contributed by atoms with E-state index in [1.807, 2.05) is 0 Å². The summed E-state index contributed by atoms with van der Waals surface area (Å²) in [5, 5.41) is 0. The molecule has 0 saturated carbocycles. The van der Waals surface area contributed by atoms with Crippen LogP contribution in [0, 0.1) is 0 Å². The minimum Gasteiger partial charge on any atom is -0.392 e. The van der Waals surface area contributed by atoms with E-state index in [9.17, 15) is 9.59 Å². The van der Waals surface area contributed by atoms with Crippen molar-refractivity contribution in [3.8, 4) is 0 Å². The number of hydrogen-bond acceptors (Lipinski definition) is 5. The highest BCUT2D eigenvalue weighted by Crippen LogP contribution is 2.10. The predicted octanol–water partition coefficient (Wildman–Crippen LogP) is 5.35. The molecule has 0 aromatic rings. The van der Waals surface area contributed by atoms with Crippen LogP contribution in [-0.2, 0) is 14.3 Å². The van der Waals surface area contributed by atoms with Crippen molar-refractivity contribution in [1.82, 2.24) is 0 Å². The molecule has 2 N–H and O–H groups in total. The summed E-state index contributed by atoms with van der Waals surface area (Å²) in [6.45, 7) is 2.25. The SMILES string of the molecule is CCCCCCCC/C=C\CCCCCCCC(=O)OC(=O)C(N)CS. The van der Waals surface area contributed by atoms with E-state index < -0.39 is 18.0 Å². The van der Waals surface area contributed by atoms with Gasteiger partial charge in [-0.2, -0.15) is 12.6 Å². The lowest BCUT2D eigenvalue weighted by Gasteiger charge is -2.07. The van der Waals surface area contributed by atoms with Gasteiger partial charge in [0.05, 0.1) is 0 Å². The molecule has 0 bridgehead atoms. The van der Waals surface area contributed by atoms with E-state index in [0.29, 0.717) is 0 Å². The van der Waals surface area contributed by atoms with Crippen LogP contribution in [0.3, 0.4) is 0 Å². The lowest BCUT2D eigenvalue weighted by molar-refractivity contribution is -0.160. The number of carbonyl (C=O) groups excluding carboxylic acids is 2. The second-order valence-electron chi connectivity index (χ2n) is 6.92. The van der Waals surface area contributed by atoms with Crippen LogP contribution in [0.25, 0.3) is 0 Å². The lowest BCUT2D eigenvalue weighted by atomic mass is 10.1. The average Bonchev–Trinajstić information content (AvgIpc) is 2.64. The van der Waals surface area contributed by atoms with E-state index in [0.717, 1.165) is 25.7 Å². The number of allylic oxidation sites excluding steroid dienone is 2. The fourth-order valence-corrected chi connectivity index (χ4v) is 2.80. The van der Waals surface area contributed by atoms with Crippen molar-refractivity contribution >= 4 is 24.6 Å². The van der Waals surface area contributed by atoms with Gasteiger partial charge in [-0.15, -0.1) is 0 Å². The lowest BCUT2D eigenvalue weighted by Crippen LogP contribution is -2.35. The van der Waals surface area contributed by atoms with Gasteiger partial charge in [0.25, 0.3) is 0 Å². The van der Waals surface area contributed by atoms with Crippen LogP contribution in [-0.4, -0.2) is 23.7 Å². The molecule has 0 spiro atoms. The van der Waals surface area contributed by atoms with Gasteiger partial charge >= 0.3 is 11.9 Å². The van der Waals surface area contributed by atoms with Gasteiger partial charge in [-0.25, -0.2) is 4.79 Å². The van der Waals surface area contributed by atoms with E-state index >= 15 is 0 Å². The van der Waals surface area contributed by atoms with E-state index in [2.05, 4.69) is 36.4 Å². The molecule has 0 fully saturated rings. The molecule has 26 heavy (non-hydrogen) atoms. The Bertz CT molecular complexity index is 385. The second kappa shape index (κ2) is 19.0. The first kappa shape index (κ1) is 25.2. The van der Waals surface area contributed by atoms with Crippen LogP contribution >= 0.6 is 12.6 Å². The zero-order valence-corrected chi connectivity index (χ0v) is 17.5. The smallest absolute Gasteiger partial charge is 0.331 e. The third-order valence-electron chi connectivity index (χ3n) is 4.36. The molecular formula is C21H39NO3S. The maximum absolute atomic E-state index is 11.5. The van der Waals surface area contributed by atoms with Crippen molar-refractivity contribution in [3.05, 3.63) is 12.2 Å². The maximum atomic E-state index is 11.5. The quantitative estimate of drug-likeness (QED) is 0.116. The molecule has 5 heteroatoms. The van der Waals surface area contributed by atoms with Crippen molar-refractivity contribution in [1.29, 1.82) is 0 Å². The number of carbonyl (C=O) groups is 2. The molecule has 0 aromatic heterocycles. The Morgan fingerprint density at radius 1 is 0.885 bits per heavy atom. The van der Waals surface area contributed by atoms with Crippen LogP contribution in [0.1, 0.15) is 96.8 Å². The Balaban J connectivity index is 3.34. The molecule has 0 radical (unpaired) electrons. The van der Waals surface area contributed by atoms with Crippen LogP contribution in [0.4, 0.5) is 0 Å². The molecule has 0 rings (SSSR count). The molecular weight excluding hydrogens is 346 g/mol. The van der Waals surface area contributed by atoms with Crippen molar-refractivity contribution in [2.45, 2.75) is 103 Å². The van der Waals surface area contributed by atoms with Gasteiger partial charge in [-0.05, 0) is 32.1 Å². The molecule has 152 valence electrons. The summed E-state index contributed by atoms with van der Waals surface area (Å²) < 4.78 is 4.66. The summed E-state index contributed by atoms with van der Waals surface area (Å²) in [6, 6.07) is -0.823. The Morgan fingerprint density at radius 3 is 1.92 bits per heavy atom. The van der Waals surface area contributed by atoms with Gasteiger partial charge in [0, 0.05) is 12.2 Å². The molecule has 0 saturated heterocycles. The third kappa shape index (κ3) is 16.6. The van der Waals surface area contributed by atoms with Gasteiger partial charge in [-0.1, -0.05) is 70.4 Å². The minimum absolute atomic E-state index is 0.180. The monoisotopic (exact) mass is 385 g/mol. The zero-order chi connectivity index (χ0) is 19.5. The minimum atomic E-state index is -0.823. The number of thiol groups is 1. The molecule has 0 aliphatic rings. The van der Waals surface area contributed by atoms with Gasteiger partial charge in [0.15, 0.2) is 0 Å². The third-order valence-corrected chi connectivity index (χ3v) is 4.75. The highest BCUT2D eigenvalue weighted by atomic mass is 32.1. The van der Waals surface area contributed by atoms with Crippen molar-refractivity contribution < 1.29 is 14.3 Å². The fraction of sp³-hybridized carbons (Fsp3) is 0.810. The highest BCUT2D eigenvalue weighted by Gasteiger charge is 2.16. The van der Waals surface area contributed by atoms with E-state index in [1.54, 1.807) is 0 Å². The fourth-order valence-electron chi connectivity index (χ4n) is 2.65. The Hall–Kier alpha value is -0.810. The summed E-state index contributed by atoms with van der Waals surface area (Å²) >= 11 is 3.90. The summed E-state index contributed by atoms with van der Waals surface area (Å²) in [5.41, 5.74) is 5.44. The molecule has 1 atom stereocenters. The first-order valence-electron chi connectivity index (χ1n) is 10.4. The van der Waals surface area contributed by atoms with Crippen molar-refractivity contribution in [2.24, 2.45) is 5.73 Å². The van der Waals surface area contributed by atoms with E-state index in [1.165, 1.54) is 57.8 Å². The topological polar surface area (TPSA) is 69.4 Å². The van der Waals surface area contributed by atoms with Crippen LogP contribution in [0.2, 0.25) is 0 Å². The molecule has 4 nitrogen and oxygen atoms in total. The summed E-state index contributed by atoms with van der Waals surface area (Å²) in [7, 11) is 0. The Labute approximate surface area is 165 Å². The number of nitrogens with two attached hydrogens (primary N) is 1. The summed E-state index contributed by atoms with van der Waals surface area (Å²) in [6.07, 6.45) is 20.6. The predicted molar refractivity (Wildman–Crippen MR) is 112 cm³/mol. The van der Waals surface area contributed by atoms with Crippen LogP contribution in [0.5, 0.6) is 0 Å². The number of rotatable bonds is 17. The molecule has 0 aromatic carbocycles. The highest BCUT2D eigenvalue weighted by molar-refractivity contribution is 7.80. The van der Waals surface area contributed by atoms with Crippen molar-refractivity contribution in [3.63, 3.8) is 0 Å². The van der Waals surface area contributed by atoms with Gasteiger partial charge in [0.1, 0.15) is 6.04 Å². The first-order valence-corrected chi connectivity index (χ1v) is 11.0. The second-order valence-corrected chi connectivity index (χ2v) is 7.28. The number of esters is 2. The largest absolute Gasteiger partial charge is 0.392 e. The summed E-state index contributed by atoms with van der Waals surface area (Å²) in [5.74, 6) is -0.984. The normalized spacial score (nSPS) is 12.4. The van der Waals surface area contributed by atoms with Gasteiger partial charge < -0.3 is 10.5 Å². The average molecular weight is 386 g/mol. The molecule has 0 aliphatic carbocycles. The van der Waals surface area contributed by atoms with Crippen LogP contribution in [0.15, 0.2) is 12.2 Å². The van der Waals surface area contributed by atoms with E-state index in [-0.39, 0.29) is 12.2 Å². The Morgan fingerprint density at radius 2 is 1.38 bits per heavy atom. The molecule has 0 aliphatic heterocycles. The number of unbranched alkanes of at least 4 members (excludes halogenated alkanes) is 11. The standard InChI is InChI=1S/C21H39NO3S/c1-2-3-4-5-6-7-8-9-10-11-12-13-14-15-16-17-20(23)25-21(24)19(22)18-26/h9-10,19,26H,2-8,11-18,22H2,1H3/b10-9-. The number of ether oxygens (including phenoxy) is 1. The molecule has 0 heterocycles. The maximum Gasteiger partial charge on any atom is 0.331 e.